The van der Waals surface area contributed by atoms with Crippen LogP contribution >= 0.6 is 11.8 Å². The Morgan fingerprint density at radius 3 is 2.52 bits per heavy atom. The molecule has 3 rings (SSSR count). The van der Waals surface area contributed by atoms with E-state index in [-0.39, 0.29) is 5.56 Å². The molecule has 0 amide bonds. The van der Waals surface area contributed by atoms with Crippen molar-refractivity contribution in [2.45, 2.75) is 17.0 Å². The Hall–Kier alpha value is -2.47. The van der Waals surface area contributed by atoms with Crippen LogP contribution in [0.4, 0.5) is 0 Å². The molecule has 3 aromatic rings. The Morgan fingerprint density at radius 1 is 1.10 bits per heavy atom. The molecule has 0 spiro atoms. The number of pyridine rings is 1. The quantitative estimate of drug-likeness (QED) is 0.748. The number of para-hydroxylation sites is 1. The maximum absolute atomic E-state index is 11.4. The molecule has 6 heteroatoms. The number of carboxylic acid groups (broad SMARTS) is 1. The summed E-state index contributed by atoms with van der Waals surface area (Å²) in [5.74, 6) is -1.01. The first-order valence-corrected chi connectivity index (χ1v) is 7.04. The molecule has 1 N–H and O–H groups in total. The lowest BCUT2D eigenvalue weighted by molar-refractivity contribution is 0.0693. The van der Waals surface area contributed by atoms with Crippen molar-refractivity contribution in [2.75, 3.05) is 0 Å². The van der Waals surface area contributed by atoms with E-state index in [2.05, 4.69) is 15.0 Å². The van der Waals surface area contributed by atoms with E-state index in [1.165, 1.54) is 18.0 Å². The molecule has 104 valence electrons. The van der Waals surface area contributed by atoms with Crippen molar-refractivity contribution >= 4 is 28.6 Å². The first kappa shape index (κ1) is 13.5. The minimum absolute atomic E-state index is 0.155. The average molecular weight is 297 g/mol. The molecule has 0 aliphatic carbocycles. The fourth-order valence-electron chi connectivity index (χ4n) is 1.90. The molecule has 0 atom stereocenters. The number of benzene rings is 1. The summed E-state index contributed by atoms with van der Waals surface area (Å²) in [6.45, 7) is 1.90. The van der Waals surface area contributed by atoms with E-state index in [0.29, 0.717) is 10.1 Å². The standard InChI is InChI=1S/C15H11N3O2S/c1-9-6-17-15(18-7-9)21-13-10-4-2-3-5-12(10)16-8-11(13)14(19)20/h2-8H,1H3,(H,19,20). The molecular formula is C15H11N3O2S. The van der Waals surface area contributed by atoms with Crippen molar-refractivity contribution in [1.82, 2.24) is 15.0 Å². The van der Waals surface area contributed by atoms with E-state index in [4.69, 9.17) is 0 Å². The van der Waals surface area contributed by atoms with Crippen LogP contribution in [0.1, 0.15) is 15.9 Å². The van der Waals surface area contributed by atoms with Gasteiger partial charge in [-0.25, -0.2) is 14.8 Å². The SMILES string of the molecule is Cc1cnc(Sc2c(C(=O)O)cnc3ccccc23)nc1. The van der Waals surface area contributed by atoms with Crippen LogP contribution in [0.25, 0.3) is 10.9 Å². The Bertz CT molecular complexity index is 819. The summed E-state index contributed by atoms with van der Waals surface area (Å²) < 4.78 is 0. The molecule has 1 aromatic carbocycles. The van der Waals surface area contributed by atoms with Gasteiger partial charge < -0.3 is 5.11 Å². The van der Waals surface area contributed by atoms with Crippen molar-refractivity contribution in [3.05, 3.63) is 54.0 Å². The van der Waals surface area contributed by atoms with Crippen LogP contribution in [0.2, 0.25) is 0 Å². The van der Waals surface area contributed by atoms with Gasteiger partial charge in [0.1, 0.15) is 0 Å². The number of aromatic nitrogens is 3. The Kier molecular flexibility index (Phi) is 3.53. The zero-order valence-electron chi connectivity index (χ0n) is 11.1. The van der Waals surface area contributed by atoms with Gasteiger partial charge in [0.2, 0.25) is 0 Å². The summed E-state index contributed by atoms with van der Waals surface area (Å²) in [6, 6.07) is 7.43. The highest BCUT2D eigenvalue weighted by atomic mass is 32.2. The molecule has 0 saturated carbocycles. The summed E-state index contributed by atoms with van der Waals surface area (Å²) in [5.41, 5.74) is 1.86. The number of carboxylic acids is 1. The van der Waals surface area contributed by atoms with Gasteiger partial charge in [-0.15, -0.1) is 0 Å². The maximum Gasteiger partial charge on any atom is 0.338 e. The van der Waals surface area contributed by atoms with Crippen LogP contribution in [-0.2, 0) is 0 Å². The third kappa shape index (κ3) is 2.71. The first-order chi connectivity index (χ1) is 10.1. The van der Waals surface area contributed by atoms with Gasteiger partial charge in [0.15, 0.2) is 5.16 Å². The van der Waals surface area contributed by atoms with Crippen molar-refractivity contribution in [3.8, 4) is 0 Å². The van der Waals surface area contributed by atoms with E-state index in [0.717, 1.165) is 16.5 Å². The molecule has 0 aliphatic rings. The van der Waals surface area contributed by atoms with E-state index in [1.54, 1.807) is 12.4 Å². The van der Waals surface area contributed by atoms with Crippen LogP contribution < -0.4 is 0 Å². The van der Waals surface area contributed by atoms with Gasteiger partial charge in [0.05, 0.1) is 11.1 Å². The van der Waals surface area contributed by atoms with Gasteiger partial charge >= 0.3 is 5.97 Å². The molecule has 0 aliphatic heterocycles. The number of rotatable bonds is 3. The molecule has 2 heterocycles. The lowest BCUT2D eigenvalue weighted by Gasteiger charge is -2.08. The smallest absolute Gasteiger partial charge is 0.338 e. The fourth-order valence-corrected chi connectivity index (χ4v) is 2.83. The van der Waals surface area contributed by atoms with E-state index in [1.807, 2.05) is 31.2 Å². The monoisotopic (exact) mass is 297 g/mol. The summed E-state index contributed by atoms with van der Waals surface area (Å²) in [4.78, 5) is 24.6. The molecule has 0 saturated heterocycles. The summed E-state index contributed by atoms with van der Waals surface area (Å²) in [6.07, 6.45) is 4.79. The average Bonchev–Trinajstić information content (AvgIpc) is 2.49. The summed E-state index contributed by atoms with van der Waals surface area (Å²) >= 11 is 1.24. The Balaban J connectivity index is 2.16. The Labute approximate surface area is 125 Å². The lowest BCUT2D eigenvalue weighted by atomic mass is 10.1. The zero-order chi connectivity index (χ0) is 14.8. The van der Waals surface area contributed by atoms with Crippen LogP contribution in [0.3, 0.4) is 0 Å². The molecule has 0 fully saturated rings. The fraction of sp³-hybridized carbons (Fsp3) is 0.0667. The van der Waals surface area contributed by atoms with Crippen molar-refractivity contribution < 1.29 is 9.90 Å². The van der Waals surface area contributed by atoms with Gasteiger partial charge in [-0.3, -0.25) is 4.98 Å². The van der Waals surface area contributed by atoms with Crippen LogP contribution in [0.5, 0.6) is 0 Å². The molecule has 5 nitrogen and oxygen atoms in total. The topological polar surface area (TPSA) is 76.0 Å². The lowest BCUT2D eigenvalue weighted by Crippen LogP contribution is -2.01. The number of nitrogens with zero attached hydrogens (tertiary/aromatic N) is 3. The van der Waals surface area contributed by atoms with Gasteiger partial charge in [0.25, 0.3) is 0 Å². The van der Waals surface area contributed by atoms with E-state index >= 15 is 0 Å². The molecule has 21 heavy (non-hydrogen) atoms. The largest absolute Gasteiger partial charge is 0.478 e. The van der Waals surface area contributed by atoms with Gasteiger partial charge in [-0.2, -0.15) is 0 Å². The second-order valence-electron chi connectivity index (χ2n) is 4.47. The molecule has 0 unspecified atom stereocenters. The van der Waals surface area contributed by atoms with Gasteiger partial charge in [-0.05, 0) is 30.3 Å². The van der Waals surface area contributed by atoms with Crippen molar-refractivity contribution in [1.29, 1.82) is 0 Å². The van der Waals surface area contributed by atoms with Crippen LogP contribution in [0, 0.1) is 6.92 Å². The minimum atomic E-state index is -1.01. The highest BCUT2D eigenvalue weighted by Gasteiger charge is 2.16. The predicted molar refractivity (Wildman–Crippen MR) is 79.6 cm³/mol. The molecule has 0 radical (unpaired) electrons. The highest BCUT2D eigenvalue weighted by molar-refractivity contribution is 7.99. The third-order valence-electron chi connectivity index (χ3n) is 2.91. The number of fused-ring (bicyclic) bond motifs is 1. The second kappa shape index (κ2) is 5.49. The zero-order valence-corrected chi connectivity index (χ0v) is 12.0. The van der Waals surface area contributed by atoms with Crippen LogP contribution in [0.15, 0.2) is 52.9 Å². The molecule has 0 bridgehead atoms. The number of hydrogen-bond acceptors (Lipinski definition) is 5. The predicted octanol–water partition coefficient (Wildman–Crippen LogP) is 3.18. The number of hydrogen-bond donors (Lipinski definition) is 1. The van der Waals surface area contributed by atoms with Gasteiger partial charge in [0, 0.05) is 28.9 Å². The summed E-state index contributed by atoms with van der Waals surface area (Å²) in [7, 11) is 0. The van der Waals surface area contributed by atoms with Crippen LogP contribution in [-0.4, -0.2) is 26.0 Å². The Morgan fingerprint density at radius 2 is 1.81 bits per heavy atom. The number of aromatic carboxylic acids is 1. The van der Waals surface area contributed by atoms with Crippen molar-refractivity contribution in [3.63, 3.8) is 0 Å². The first-order valence-electron chi connectivity index (χ1n) is 6.22. The molecular weight excluding hydrogens is 286 g/mol. The minimum Gasteiger partial charge on any atom is -0.478 e. The second-order valence-corrected chi connectivity index (χ2v) is 5.45. The van der Waals surface area contributed by atoms with E-state index in [9.17, 15) is 9.90 Å². The number of aryl methyl sites for hydroxylation is 1. The molecule has 2 aromatic heterocycles. The van der Waals surface area contributed by atoms with Crippen molar-refractivity contribution in [2.24, 2.45) is 0 Å². The summed E-state index contributed by atoms with van der Waals surface area (Å²) in [5, 5.41) is 10.7. The maximum atomic E-state index is 11.4. The highest BCUT2D eigenvalue weighted by Crippen LogP contribution is 2.33. The normalized spacial score (nSPS) is 10.7. The third-order valence-corrected chi connectivity index (χ3v) is 3.94. The van der Waals surface area contributed by atoms with Gasteiger partial charge in [-0.1, -0.05) is 18.2 Å². The number of carbonyl (C=O) groups is 1. The van der Waals surface area contributed by atoms with E-state index < -0.39 is 5.97 Å².